The van der Waals surface area contributed by atoms with Crippen LogP contribution in [0.15, 0.2) is 96.1 Å². The van der Waals surface area contributed by atoms with Gasteiger partial charge in [-0.05, 0) is 128 Å². The number of esters is 7. The van der Waals surface area contributed by atoms with E-state index in [0.29, 0.717) is 12.8 Å². The zero-order chi connectivity index (χ0) is 78.9. The van der Waals surface area contributed by atoms with E-state index in [0.717, 1.165) is 84.0 Å². The van der Waals surface area contributed by atoms with E-state index in [1.54, 1.807) is 57.2 Å². The molecule has 1 heterocycles. The molecule has 4 aliphatic rings. The lowest BCUT2D eigenvalue weighted by molar-refractivity contribution is -0.346. The Labute approximate surface area is 641 Å². The first-order chi connectivity index (χ1) is 51.5. The third-order valence-electron chi connectivity index (χ3n) is 21.8. The molecular weight excluding hydrogens is 1380 g/mol. The minimum Gasteiger partial charge on any atom is -0.462 e. The highest BCUT2D eigenvalue weighted by molar-refractivity contribution is 5.94. The van der Waals surface area contributed by atoms with Crippen LogP contribution in [-0.4, -0.2) is 148 Å². The molecule has 2 bridgehead atoms. The van der Waals surface area contributed by atoms with Crippen LogP contribution in [0.2, 0.25) is 0 Å². The Hall–Kier alpha value is -7.27. The number of unbranched alkanes of at least 4 members (excludes halogenated alkanes) is 22. The number of carbonyl (C=O) groups is 9. The molecule has 3 fully saturated rings. The number of ketones is 1. The number of Topliss-reactive ketones (excluding diaryl/α,β-unsaturated/α-hetero) is 1. The summed E-state index contributed by atoms with van der Waals surface area (Å²) < 4.78 is 53.5. The number of amides is 1. The van der Waals surface area contributed by atoms with Crippen LogP contribution in [0, 0.1) is 16.7 Å². The van der Waals surface area contributed by atoms with E-state index < -0.39 is 168 Å². The van der Waals surface area contributed by atoms with E-state index in [4.69, 9.17) is 42.6 Å². The second-order valence-corrected chi connectivity index (χ2v) is 31.7. The van der Waals surface area contributed by atoms with Crippen molar-refractivity contribution in [1.29, 1.82) is 0 Å². The molecule has 2 aromatic rings. The number of rotatable bonds is 47. The highest BCUT2D eigenvalue weighted by Gasteiger charge is 2.78. The number of carbonyl (C=O) groups excluding carboxylic acids is 9. The fraction of sp³-hybridized carbons (Fsp3) is 0.686. The average molecular weight is 1510 g/mol. The quantitative estimate of drug-likeness (QED) is 0.0207. The molecule has 6 rings (SSSR count). The van der Waals surface area contributed by atoms with Gasteiger partial charge in [-0.1, -0.05) is 203 Å². The maximum atomic E-state index is 15.5. The Morgan fingerprint density at radius 3 is 1.59 bits per heavy atom. The van der Waals surface area contributed by atoms with Crippen LogP contribution in [0.4, 0.5) is 4.79 Å². The van der Waals surface area contributed by atoms with Crippen molar-refractivity contribution in [2.75, 3.05) is 19.8 Å². The first kappa shape index (κ1) is 89.6. The van der Waals surface area contributed by atoms with E-state index in [-0.39, 0.29) is 48.1 Å². The van der Waals surface area contributed by atoms with Crippen molar-refractivity contribution in [3.8, 4) is 0 Å². The molecule has 1 unspecified atom stereocenters. The van der Waals surface area contributed by atoms with Crippen LogP contribution in [0.25, 0.3) is 0 Å². The third-order valence-corrected chi connectivity index (χ3v) is 21.8. The van der Waals surface area contributed by atoms with Gasteiger partial charge in [0.25, 0.3) is 0 Å². The van der Waals surface area contributed by atoms with Crippen LogP contribution in [-0.2, 0) is 76.2 Å². The lowest BCUT2D eigenvalue weighted by Gasteiger charge is -2.67. The largest absolute Gasteiger partial charge is 0.462 e. The summed E-state index contributed by atoms with van der Waals surface area (Å²) in [5.41, 5.74) is -9.28. The lowest BCUT2D eigenvalue weighted by Crippen LogP contribution is -2.81. The summed E-state index contributed by atoms with van der Waals surface area (Å²) in [7, 11) is 0. The maximum Gasteiger partial charge on any atom is 0.408 e. The fourth-order valence-corrected chi connectivity index (χ4v) is 15.6. The number of alkyl carbamates (subject to hydrolysis) is 1. The molecule has 22 heteroatoms. The third kappa shape index (κ3) is 26.2. The van der Waals surface area contributed by atoms with Crippen molar-refractivity contribution in [3.05, 3.63) is 107 Å². The second-order valence-electron chi connectivity index (χ2n) is 31.7. The molecule has 2 saturated carbocycles. The number of benzene rings is 2. The summed E-state index contributed by atoms with van der Waals surface area (Å²) in [6.07, 6.45) is 22.5. The van der Waals surface area contributed by atoms with Gasteiger partial charge in [0.15, 0.2) is 17.5 Å². The van der Waals surface area contributed by atoms with Crippen molar-refractivity contribution in [1.82, 2.24) is 5.32 Å². The average Bonchev–Trinajstić information content (AvgIpc) is 0.670. The first-order valence-electron chi connectivity index (χ1n) is 40.2. The Kier molecular flexibility index (Phi) is 37.0. The topological polar surface area (TPSA) is 309 Å². The molecule has 0 spiro atoms. The van der Waals surface area contributed by atoms with Gasteiger partial charge in [-0.25, -0.2) is 14.4 Å². The molecule has 1 saturated heterocycles. The maximum absolute atomic E-state index is 15.5. The molecule has 2 aromatic carbocycles. The Morgan fingerprint density at radius 1 is 0.620 bits per heavy atom. The number of hydrogen-bond donors (Lipinski definition) is 4. The molecule has 3 aliphatic carbocycles. The normalized spacial score (nSPS) is 23.8. The monoisotopic (exact) mass is 1510 g/mol. The standard InChI is InChI=1S/C86H127NO21/c1-11-13-15-17-19-21-23-25-27-29-31-33-35-37-45-51-68(90)100-57-64(103-70(92)52-46-38-36-34-32-30-28-26-24-22-20-18-16-14-12-2)58-101-69(91)53-54-71(93)105-75(73(62-47-41-39-42-48-62)87-81(98)108-82(5,6)7)80(97)104-65-56-86(99)78(106-79(96)63-49-43-40-44-50-63)76-84(10,77(95)74(94)72(60(65)3)83(86,8)9)66(89)55-67-85(76,59-102-67)107-61(4)88/h25-28,39-44,47-50,64-67,73-76,78,89,94,99H,11-24,29-38,45-46,51-59H2,1-10H3,(H,87,98)/b27-25-,28-26-/t64?,65-,66-,67+,73-,74+,75+,76-,78-,84+,85-,86+/m0/s1. The lowest BCUT2D eigenvalue weighted by atomic mass is 9.44. The zero-order valence-corrected chi connectivity index (χ0v) is 66.2. The molecule has 0 aromatic heterocycles. The summed E-state index contributed by atoms with van der Waals surface area (Å²) in [5.74, 6) is -9.00. The number of nitrogens with one attached hydrogen (secondary N) is 1. The number of aliphatic hydroxyl groups excluding tert-OH is 2. The minimum atomic E-state index is -2.53. The van der Waals surface area contributed by atoms with E-state index in [2.05, 4.69) is 43.5 Å². The van der Waals surface area contributed by atoms with Crippen molar-refractivity contribution in [3.63, 3.8) is 0 Å². The predicted molar refractivity (Wildman–Crippen MR) is 407 cm³/mol. The Morgan fingerprint density at radius 2 is 1.09 bits per heavy atom. The summed E-state index contributed by atoms with van der Waals surface area (Å²) in [5, 5.41) is 41.5. The van der Waals surface area contributed by atoms with Gasteiger partial charge in [-0.15, -0.1) is 0 Å². The number of aliphatic hydroxyl groups is 3. The van der Waals surface area contributed by atoms with Gasteiger partial charge in [0, 0.05) is 38.0 Å². The fourth-order valence-electron chi connectivity index (χ4n) is 15.6. The van der Waals surface area contributed by atoms with Crippen molar-refractivity contribution in [2.24, 2.45) is 16.7 Å². The molecule has 1 amide bonds. The molecule has 12 atom stereocenters. The number of allylic oxidation sites excluding steroid dienone is 4. The van der Waals surface area contributed by atoms with Gasteiger partial charge in [0.05, 0.1) is 42.4 Å². The van der Waals surface area contributed by atoms with Crippen LogP contribution in [0.3, 0.4) is 0 Å². The molecule has 0 radical (unpaired) electrons. The number of hydrogen-bond acceptors (Lipinski definition) is 21. The SMILES string of the molecule is CCCCCCCC/C=C\CCCCCCCC(=O)OCC(COC(=O)CCC(=O)O[C@@H](C(=O)O[C@H]1C[C@@]2(O)[C@@H](OC(=O)c3ccccc3)[C@@H]3[C@]4(OC(C)=O)CO[C@@H]4C[C@H](O)[C@@]3(C)C(=O)[C@H](O)C(=C1C)C2(C)C)[C@@H](NC(=O)OC(C)(C)C)c1ccccc1)OC(=O)CCCCCCC/C=C\CCCCCCCC. The zero-order valence-electron chi connectivity index (χ0n) is 66.2. The van der Waals surface area contributed by atoms with Gasteiger partial charge in [-0.3, -0.25) is 28.8 Å². The van der Waals surface area contributed by atoms with Crippen LogP contribution >= 0.6 is 0 Å². The predicted octanol–water partition coefficient (Wildman–Crippen LogP) is 15.7. The van der Waals surface area contributed by atoms with E-state index in [1.807, 2.05) is 0 Å². The summed E-state index contributed by atoms with van der Waals surface area (Å²) in [6.45, 7) is 14.9. The van der Waals surface area contributed by atoms with Gasteiger partial charge in [-0.2, -0.15) is 0 Å². The number of fused-ring (bicyclic) bond motifs is 5. The minimum absolute atomic E-state index is 0.0165. The van der Waals surface area contributed by atoms with Crippen molar-refractivity contribution in [2.45, 2.75) is 340 Å². The summed E-state index contributed by atoms with van der Waals surface area (Å²) >= 11 is 0. The summed E-state index contributed by atoms with van der Waals surface area (Å²) in [4.78, 5) is 127. The van der Waals surface area contributed by atoms with Crippen molar-refractivity contribution < 1.29 is 101 Å². The molecule has 22 nitrogen and oxygen atoms in total. The van der Waals surface area contributed by atoms with E-state index in [1.165, 1.54) is 129 Å². The molecule has 1 aliphatic heterocycles. The summed E-state index contributed by atoms with van der Waals surface area (Å²) in [6, 6.07) is 14.0. The number of ether oxygens (including phenoxy) is 9. The smallest absolute Gasteiger partial charge is 0.408 e. The van der Waals surface area contributed by atoms with Gasteiger partial charge in [0.1, 0.15) is 54.9 Å². The van der Waals surface area contributed by atoms with Crippen LogP contribution in [0.5, 0.6) is 0 Å². The molecule has 602 valence electrons. The Bertz CT molecular complexity index is 3280. The van der Waals surface area contributed by atoms with Gasteiger partial charge < -0.3 is 63.3 Å². The molecular formula is C86H127NO21. The highest BCUT2D eigenvalue weighted by atomic mass is 16.6. The van der Waals surface area contributed by atoms with Gasteiger partial charge >= 0.3 is 47.9 Å². The van der Waals surface area contributed by atoms with E-state index >= 15 is 9.59 Å². The molecule has 4 N–H and O–H groups in total. The molecule has 108 heavy (non-hydrogen) atoms. The Balaban J connectivity index is 1.19. The van der Waals surface area contributed by atoms with Crippen LogP contribution < -0.4 is 5.32 Å². The first-order valence-corrected chi connectivity index (χ1v) is 40.2. The highest BCUT2D eigenvalue weighted by Crippen LogP contribution is 2.64. The van der Waals surface area contributed by atoms with Crippen LogP contribution in [0.1, 0.15) is 297 Å². The van der Waals surface area contributed by atoms with Crippen molar-refractivity contribution >= 4 is 53.7 Å². The second kappa shape index (κ2) is 44.5. The van der Waals surface area contributed by atoms with E-state index in [9.17, 15) is 48.9 Å². The van der Waals surface area contributed by atoms with Gasteiger partial charge in [0.2, 0.25) is 6.10 Å².